The minimum absolute atomic E-state index is 0.334. The van der Waals surface area contributed by atoms with Crippen LogP contribution in [0.25, 0.3) is 0 Å². The van der Waals surface area contributed by atoms with E-state index in [-0.39, 0.29) is 0 Å². The summed E-state index contributed by atoms with van der Waals surface area (Å²) in [5.74, 6) is 1.31. The average molecular weight is 251 g/mol. The van der Waals surface area contributed by atoms with Gasteiger partial charge in [0.05, 0.1) is 26.4 Å². The summed E-state index contributed by atoms with van der Waals surface area (Å²) < 4.78 is 15.6. The Kier molecular flexibility index (Phi) is 5.70. The third kappa shape index (κ3) is 3.48. The second kappa shape index (κ2) is 7.32. The van der Waals surface area contributed by atoms with Gasteiger partial charge < -0.3 is 14.2 Å². The molecule has 0 unspecified atom stereocenters. The van der Waals surface area contributed by atoms with Gasteiger partial charge in [-0.2, -0.15) is 0 Å². The molecule has 0 spiro atoms. The van der Waals surface area contributed by atoms with Crippen LogP contribution in [0.4, 0.5) is 0 Å². The van der Waals surface area contributed by atoms with Crippen LogP contribution in [0.1, 0.15) is 23.2 Å². The zero-order valence-electron chi connectivity index (χ0n) is 10.4. The van der Waals surface area contributed by atoms with E-state index in [2.05, 4.69) is 0 Å². The van der Waals surface area contributed by atoms with Crippen LogP contribution < -0.4 is 14.2 Å². The molecule has 1 radical (unpaired) electrons. The summed E-state index contributed by atoms with van der Waals surface area (Å²) in [6, 6.07) is 3.22. The summed E-state index contributed by atoms with van der Waals surface area (Å²) in [5, 5.41) is 0. The molecule has 0 bridgehead atoms. The quantitative estimate of drug-likeness (QED) is 0.520. The predicted molar refractivity (Wildman–Crippen MR) is 65.4 cm³/mol. The SMILES string of the molecule is COc1cc(OCCC[C]=O)cc(OC)c1C=O. The Bertz CT molecular complexity index is 389. The van der Waals surface area contributed by atoms with Crippen molar-refractivity contribution in [2.75, 3.05) is 20.8 Å². The van der Waals surface area contributed by atoms with Gasteiger partial charge >= 0.3 is 0 Å². The summed E-state index contributed by atoms with van der Waals surface area (Å²) in [7, 11) is 2.93. The number of carbonyl (C=O) groups is 1. The van der Waals surface area contributed by atoms with E-state index in [1.54, 1.807) is 18.4 Å². The standard InChI is InChI=1S/C13H15O5/c1-16-12-7-10(18-6-4-3-5-14)8-13(17-2)11(12)9-15/h7-9H,3-4,6H2,1-2H3. The summed E-state index contributed by atoms with van der Waals surface area (Å²) in [5.41, 5.74) is 0.341. The summed E-state index contributed by atoms with van der Waals surface area (Å²) in [6.07, 6.45) is 3.38. The Hall–Kier alpha value is -2.04. The highest BCUT2D eigenvalue weighted by molar-refractivity contribution is 5.84. The van der Waals surface area contributed by atoms with E-state index in [4.69, 9.17) is 14.2 Å². The average Bonchev–Trinajstić information content (AvgIpc) is 2.42. The lowest BCUT2D eigenvalue weighted by Crippen LogP contribution is -2.01. The van der Waals surface area contributed by atoms with Gasteiger partial charge in [-0.25, -0.2) is 0 Å². The fraction of sp³-hybridized carbons (Fsp3) is 0.385. The van der Waals surface area contributed by atoms with Crippen molar-refractivity contribution >= 4 is 12.6 Å². The number of benzene rings is 1. The minimum Gasteiger partial charge on any atom is -0.496 e. The maximum absolute atomic E-state index is 10.9. The van der Waals surface area contributed by atoms with Crippen LogP contribution in [-0.2, 0) is 4.79 Å². The van der Waals surface area contributed by atoms with Crippen molar-refractivity contribution in [3.8, 4) is 17.2 Å². The molecule has 5 heteroatoms. The van der Waals surface area contributed by atoms with Crippen molar-refractivity contribution in [1.29, 1.82) is 0 Å². The van der Waals surface area contributed by atoms with Crippen LogP contribution in [0.3, 0.4) is 0 Å². The van der Waals surface area contributed by atoms with E-state index >= 15 is 0 Å². The number of unbranched alkanes of at least 4 members (excludes halogenated alkanes) is 1. The molecule has 0 heterocycles. The van der Waals surface area contributed by atoms with Crippen LogP contribution in [0.2, 0.25) is 0 Å². The molecule has 0 saturated heterocycles. The second-order valence-electron chi connectivity index (χ2n) is 3.46. The topological polar surface area (TPSA) is 61.8 Å². The van der Waals surface area contributed by atoms with E-state index in [1.807, 2.05) is 0 Å². The fourth-order valence-electron chi connectivity index (χ4n) is 1.45. The summed E-state index contributed by atoms with van der Waals surface area (Å²) in [4.78, 5) is 21.0. The highest BCUT2D eigenvalue weighted by atomic mass is 16.5. The number of aldehydes is 1. The van der Waals surface area contributed by atoms with Crippen molar-refractivity contribution in [2.45, 2.75) is 12.8 Å². The van der Waals surface area contributed by atoms with Gasteiger partial charge in [0.15, 0.2) is 12.6 Å². The molecule has 0 fully saturated rings. The first-order valence-electron chi connectivity index (χ1n) is 5.45. The number of ether oxygens (including phenoxy) is 3. The second-order valence-corrected chi connectivity index (χ2v) is 3.46. The number of methoxy groups -OCH3 is 2. The molecule has 1 aromatic carbocycles. The molecule has 0 aliphatic rings. The van der Waals surface area contributed by atoms with Gasteiger partial charge in [0.25, 0.3) is 0 Å². The molecule has 1 rings (SSSR count). The fourth-order valence-corrected chi connectivity index (χ4v) is 1.45. The Morgan fingerprint density at radius 1 is 1.22 bits per heavy atom. The monoisotopic (exact) mass is 251 g/mol. The van der Waals surface area contributed by atoms with Gasteiger partial charge in [-0.1, -0.05) is 0 Å². The van der Waals surface area contributed by atoms with Crippen LogP contribution in [0.5, 0.6) is 17.2 Å². The number of carbonyl (C=O) groups excluding carboxylic acids is 2. The van der Waals surface area contributed by atoms with Crippen LogP contribution >= 0.6 is 0 Å². The van der Waals surface area contributed by atoms with Gasteiger partial charge in [-0.15, -0.1) is 0 Å². The molecule has 0 aliphatic carbocycles. The molecule has 0 N–H and O–H groups in total. The first kappa shape index (κ1) is 14.0. The molecule has 0 aromatic heterocycles. The van der Waals surface area contributed by atoms with E-state index in [0.29, 0.717) is 48.5 Å². The highest BCUT2D eigenvalue weighted by Gasteiger charge is 2.12. The third-order valence-corrected chi connectivity index (χ3v) is 2.33. The first-order chi connectivity index (χ1) is 8.76. The van der Waals surface area contributed by atoms with E-state index in [9.17, 15) is 9.59 Å². The first-order valence-corrected chi connectivity index (χ1v) is 5.45. The predicted octanol–water partition coefficient (Wildman–Crippen LogP) is 1.78. The lowest BCUT2D eigenvalue weighted by Gasteiger charge is -2.12. The zero-order chi connectivity index (χ0) is 13.4. The highest BCUT2D eigenvalue weighted by Crippen LogP contribution is 2.32. The molecule has 5 nitrogen and oxygen atoms in total. The lowest BCUT2D eigenvalue weighted by atomic mass is 10.2. The molecule has 97 valence electrons. The van der Waals surface area contributed by atoms with Crippen molar-refractivity contribution in [2.24, 2.45) is 0 Å². The van der Waals surface area contributed by atoms with Gasteiger partial charge in [-0.3, -0.25) is 9.59 Å². The lowest BCUT2D eigenvalue weighted by molar-refractivity contribution is 0.111. The van der Waals surface area contributed by atoms with E-state index in [0.717, 1.165) is 0 Å². The minimum atomic E-state index is 0.334. The van der Waals surface area contributed by atoms with Crippen molar-refractivity contribution in [1.82, 2.24) is 0 Å². The van der Waals surface area contributed by atoms with Gasteiger partial charge in [0.1, 0.15) is 17.2 Å². The summed E-state index contributed by atoms with van der Waals surface area (Å²) in [6.45, 7) is 0.391. The normalized spacial score (nSPS) is 9.67. The Labute approximate surface area is 106 Å². The van der Waals surface area contributed by atoms with Crippen molar-refractivity contribution in [3.63, 3.8) is 0 Å². The molecule has 0 atom stereocenters. The van der Waals surface area contributed by atoms with Crippen molar-refractivity contribution < 1.29 is 23.8 Å². The van der Waals surface area contributed by atoms with Crippen LogP contribution in [0.15, 0.2) is 12.1 Å². The molecule has 1 aromatic rings. The molecule has 0 aliphatic heterocycles. The Morgan fingerprint density at radius 3 is 2.28 bits per heavy atom. The Morgan fingerprint density at radius 2 is 1.83 bits per heavy atom. The molecular weight excluding hydrogens is 236 g/mol. The molecular formula is C13H15O5. The van der Waals surface area contributed by atoms with Crippen LogP contribution in [-0.4, -0.2) is 33.4 Å². The molecule has 0 amide bonds. The maximum atomic E-state index is 10.9. The van der Waals surface area contributed by atoms with Gasteiger partial charge in [-0.05, 0) is 6.42 Å². The smallest absolute Gasteiger partial charge is 0.198 e. The Balaban J connectivity index is 2.86. The maximum Gasteiger partial charge on any atom is 0.198 e. The third-order valence-electron chi connectivity index (χ3n) is 2.33. The number of hydrogen-bond acceptors (Lipinski definition) is 5. The number of rotatable bonds is 8. The molecule has 0 saturated carbocycles. The summed E-state index contributed by atoms with van der Waals surface area (Å²) >= 11 is 0. The zero-order valence-corrected chi connectivity index (χ0v) is 10.4. The number of hydrogen-bond donors (Lipinski definition) is 0. The van der Waals surface area contributed by atoms with Crippen molar-refractivity contribution in [3.05, 3.63) is 17.7 Å². The van der Waals surface area contributed by atoms with Crippen LogP contribution in [0, 0.1) is 0 Å². The largest absolute Gasteiger partial charge is 0.496 e. The van der Waals surface area contributed by atoms with Gasteiger partial charge in [0, 0.05) is 18.6 Å². The van der Waals surface area contributed by atoms with E-state index < -0.39 is 0 Å². The molecule has 18 heavy (non-hydrogen) atoms. The van der Waals surface area contributed by atoms with E-state index in [1.165, 1.54) is 14.2 Å². The van der Waals surface area contributed by atoms with Gasteiger partial charge in [0.2, 0.25) is 0 Å².